The largest absolute Gasteiger partial charge is 0.496 e. The first-order valence-corrected chi connectivity index (χ1v) is 8.35. The number of nitrogens with one attached hydrogen (secondary N) is 2. The van der Waals surface area contributed by atoms with Crippen molar-refractivity contribution >= 4 is 6.03 Å². The second kappa shape index (κ2) is 7.04. The molecule has 0 saturated heterocycles. The van der Waals surface area contributed by atoms with Crippen molar-refractivity contribution in [2.75, 3.05) is 7.11 Å². The fourth-order valence-corrected chi connectivity index (χ4v) is 2.98. The van der Waals surface area contributed by atoms with Gasteiger partial charge in [-0.3, -0.25) is 4.68 Å². The van der Waals surface area contributed by atoms with Gasteiger partial charge in [0.05, 0.1) is 19.3 Å². The third-order valence-corrected chi connectivity index (χ3v) is 4.31. The Hall–Kier alpha value is -2.70. The molecule has 0 saturated carbocycles. The maximum atomic E-state index is 12.2. The number of carbonyl (C=O) groups is 1. The maximum Gasteiger partial charge on any atom is 0.315 e. The van der Waals surface area contributed by atoms with Crippen LogP contribution in [0.5, 0.6) is 11.5 Å². The molecule has 0 aliphatic carbocycles. The van der Waals surface area contributed by atoms with E-state index in [2.05, 4.69) is 15.7 Å². The molecule has 1 aliphatic rings. The predicted molar refractivity (Wildman–Crippen MR) is 93.8 cm³/mol. The average Bonchev–Trinajstić information content (AvgIpc) is 3.16. The van der Waals surface area contributed by atoms with Crippen LogP contribution in [0.3, 0.4) is 0 Å². The molecule has 2 atom stereocenters. The zero-order valence-electron chi connectivity index (χ0n) is 15.0. The summed E-state index contributed by atoms with van der Waals surface area (Å²) in [5.41, 5.74) is 2.98. The first kappa shape index (κ1) is 17.1. The first-order valence-electron chi connectivity index (χ1n) is 8.35. The number of carbonyl (C=O) groups excluding carboxylic acids is 1. The Morgan fingerprint density at radius 1 is 1.52 bits per heavy atom. The number of benzene rings is 1. The van der Waals surface area contributed by atoms with Gasteiger partial charge in [-0.25, -0.2) is 4.79 Å². The summed E-state index contributed by atoms with van der Waals surface area (Å²) in [6.07, 6.45) is 4.68. The number of hydrogen-bond acceptors (Lipinski definition) is 4. The van der Waals surface area contributed by atoms with Crippen molar-refractivity contribution in [2.24, 2.45) is 7.05 Å². The van der Waals surface area contributed by atoms with Crippen molar-refractivity contribution in [3.63, 3.8) is 0 Å². The van der Waals surface area contributed by atoms with Crippen LogP contribution in [0, 0.1) is 0 Å². The van der Waals surface area contributed by atoms with Gasteiger partial charge in [0, 0.05) is 42.9 Å². The van der Waals surface area contributed by atoms with Crippen molar-refractivity contribution < 1.29 is 14.3 Å². The van der Waals surface area contributed by atoms with Gasteiger partial charge in [0.15, 0.2) is 0 Å². The monoisotopic (exact) mass is 344 g/mol. The Balaban J connectivity index is 1.61. The van der Waals surface area contributed by atoms with Crippen molar-refractivity contribution in [3.05, 3.63) is 41.2 Å². The molecular weight excluding hydrogens is 320 g/mol. The van der Waals surface area contributed by atoms with E-state index in [-0.39, 0.29) is 18.2 Å². The zero-order chi connectivity index (χ0) is 18.0. The number of ether oxygens (including phenoxy) is 2. The van der Waals surface area contributed by atoms with Gasteiger partial charge in [-0.1, -0.05) is 0 Å². The van der Waals surface area contributed by atoms with E-state index in [4.69, 9.17) is 9.47 Å². The third-order valence-electron chi connectivity index (χ3n) is 4.31. The molecule has 0 spiro atoms. The molecule has 134 valence electrons. The third kappa shape index (κ3) is 3.87. The van der Waals surface area contributed by atoms with Gasteiger partial charge in [0.2, 0.25) is 0 Å². The van der Waals surface area contributed by atoms with Gasteiger partial charge in [-0.2, -0.15) is 5.10 Å². The summed E-state index contributed by atoms with van der Waals surface area (Å²) >= 11 is 0. The van der Waals surface area contributed by atoms with Crippen LogP contribution in [0.25, 0.3) is 0 Å². The fraction of sp³-hybridized carbons (Fsp3) is 0.444. The normalized spacial score (nSPS) is 16.7. The maximum absolute atomic E-state index is 12.2. The quantitative estimate of drug-likeness (QED) is 0.873. The number of fused-ring (bicyclic) bond motifs is 1. The summed E-state index contributed by atoms with van der Waals surface area (Å²) in [6.45, 7) is 4.32. The van der Waals surface area contributed by atoms with Crippen molar-refractivity contribution in [1.29, 1.82) is 0 Å². The lowest BCUT2D eigenvalue weighted by Crippen LogP contribution is -2.36. The number of methoxy groups -OCH3 is 1. The molecule has 0 unspecified atom stereocenters. The molecule has 2 aromatic rings. The number of nitrogens with zero attached hydrogens (tertiary/aromatic N) is 2. The number of aryl methyl sites for hydroxylation is 1. The lowest BCUT2D eigenvalue weighted by molar-refractivity contribution is 0.237. The standard InChI is InChI=1S/C18H24N4O3/c1-11-5-13-6-16(24-4)14(7-17(13)25-11)8-19-18(23)21-12(2)15-9-20-22(3)10-15/h6-7,9-12H,5,8H2,1-4H3,(H2,19,21,23)/t11-,12-/m1/s1. The Morgan fingerprint density at radius 3 is 3.00 bits per heavy atom. The molecule has 0 bridgehead atoms. The minimum atomic E-state index is -0.242. The number of hydrogen-bond donors (Lipinski definition) is 2. The predicted octanol–water partition coefficient (Wildman–Crippen LogP) is 2.31. The Bertz CT molecular complexity index is 772. The van der Waals surface area contributed by atoms with Gasteiger partial charge in [0.25, 0.3) is 0 Å². The van der Waals surface area contributed by atoms with E-state index >= 15 is 0 Å². The lowest BCUT2D eigenvalue weighted by Gasteiger charge is -2.15. The molecule has 25 heavy (non-hydrogen) atoms. The van der Waals surface area contributed by atoms with Crippen molar-refractivity contribution in [3.8, 4) is 11.5 Å². The lowest BCUT2D eigenvalue weighted by atomic mass is 10.1. The smallest absolute Gasteiger partial charge is 0.315 e. The summed E-state index contributed by atoms with van der Waals surface area (Å²) < 4.78 is 12.9. The Kier molecular flexibility index (Phi) is 4.83. The molecule has 3 rings (SSSR count). The van der Waals surface area contributed by atoms with Gasteiger partial charge in [0.1, 0.15) is 17.6 Å². The number of aromatic nitrogens is 2. The fourth-order valence-electron chi connectivity index (χ4n) is 2.98. The Morgan fingerprint density at radius 2 is 2.32 bits per heavy atom. The average molecular weight is 344 g/mol. The highest BCUT2D eigenvalue weighted by Crippen LogP contribution is 2.34. The minimum Gasteiger partial charge on any atom is -0.496 e. The summed E-state index contributed by atoms with van der Waals surface area (Å²) in [7, 11) is 3.48. The first-order chi connectivity index (χ1) is 12.0. The molecule has 1 aliphatic heterocycles. The molecule has 0 fully saturated rings. The van der Waals surface area contributed by atoms with Crippen LogP contribution in [0.2, 0.25) is 0 Å². The van der Waals surface area contributed by atoms with Crippen molar-refractivity contribution in [1.82, 2.24) is 20.4 Å². The van der Waals surface area contributed by atoms with E-state index in [0.717, 1.165) is 34.6 Å². The van der Waals surface area contributed by atoms with Crippen LogP contribution >= 0.6 is 0 Å². The minimum absolute atomic E-state index is 0.125. The molecule has 2 N–H and O–H groups in total. The number of amides is 2. The van der Waals surface area contributed by atoms with E-state index in [1.807, 2.05) is 39.2 Å². The van der Waals surface area contributed by atoms with Gasteiger partial charge in [-0.05, 0) is 26.0 Å². The molecule has 2 heterocycles. The van der Waals surface area contributed by atoms with E-state index in [0.29, 0.717) is 6.54 Å². The SMILES string of the molecule is COc1cc2c(cc1CNC(=O)N[C@H](C)c1cnn(C)c1)O[C@H](C)C2. The van der Waals surface area contributed by atoms with E-state index in [1.165, 1.54) is 0 Å². The summed E-state index contributed by atoms with van der Waals surface area (Å²) in [5.74, 6) is 1.63. The van der Waals surface area contributed by atoms with Crippen LogP contribution in [0.4, 0.5) is 4.79 Å². The van der Waals surface area contributed by atoms with Crippen LogP contribution in [0.15, 0.2) is 24.5 Å². The van der Waals surface area contributed by atoms with Gasteiger partial charge >= 0.3 is 6.03 Å². The molecule has 2 amide bonds. The van der Waals surface area contributed by atoms with Crippen LogP contribution in [-0.4, -0.2) is 29.0 Å². The molecule has 1 aromatic carbocycles. The van der Waals surface area contributed by atoms with E-state index < -0.39 is 0 Å². The zero-order valence-corrected chi connectivity index (χ0v) is 15.0. The van der Waals surface area contributed by atoms with Crippen LogP contribution in [-0.2, 0) is 20.0 Å². The molecule has 7 nitrogen and oxygen atoms in total. The van der Waals surface area contributed by atoms with Gasteiger partial charge in [-0.15, -0.1) is 0 Å². The number of urea groups is 1. The summed E-state index contributed by atoms with van der Waals surface area (Å²) in [6, 6.07) is 3.57. The topological polar surface area (TPSA) is 77.4 Å². The highest BCUT2D eigenvalue weighted by atomic mass is 16.5. The molecule has 7 heteroatoms. The molecular formula is C18H24N4O3. The second-order valence-electron chi connectivity index (χ2n) is 6.40. The van der Waals surface area contributed by atoms with E-state index in [9.17, 15) is 4.79 Å². The van der Waals surface area contributed by atoms with Crippen molar-refractivity contribution in [2.45, 2.75) is 39.0 Å². The summed E-state index contributed by atoms with van der Waals surface area (Å²) in [4.78, 5) is 12.2. The highest BCUT2D eigenvalue weighted by molar-refractivity contribution is 5.74. The van der Waals surface area contributed by atoms with E-state index in [1.54, 1.807) is 18.0 Å². The van der Waals surface area contributed by atoms with Crippen LogP contribution < -0.4 is 20.1 Å². The van der Waals surface area contributed by atoms with Crippen LogP contribution in [0.1, 0.15) is 36.6 Å². The summed E-state index contributed by atoms with van der Waals surface area (Å²) in [5, 5.41) is 9.89. The molecule has 1 aromatic heterocycles. The Labute approximate surface area is 147 Å². The van der Waals surface area contributed by atoms with Gasteiger partial charge < -0.3 is 20.1 Å². The highest BCUT2D eigenvalue weighted by Gasteiger charge is 2.22. The number of rotatable bonds is 5. The second-order valence-corrected chi connectivity index (χ2v) is 6.40. The molecule has 0 radical (unpaired) electrons.